The number of piperidine rings is 1. The third-order valence-electron chi connectivity index (χ3n) is 2.89. The van der Waals surface area contributed by atoms with Crippen LogP contribution in [0.4, 0.5) is 0 Å². The van der Waals surface area contributed by atoms with Crippen LogP contribution in [0.3, 0.4) is 0 Å². The molecule has 1 heterocycles. The van der Waals surface area contributed by atoms with Crippen LogP contribution in [0.1, 0.15) is 12.8 Å². The maximum Gasteiger partial charge on any atom is 0.326 e. The van der Waals surface area contributed by atoms with Crippen molar-refractivity contribution >= 4 is 5.97 Å². The van der Waals surface area contributed by atoms with Crippen molar-refractivity contribution in [2.75, 3.05) is 34.4 Å². The standard InChI is InChI=1S/C9H18N2O3/c1-10-9(8(12)13-2)4-6-11(14-3)7-5-9/h10H,4-7H2,1-3H3. The number of carbonyl (C=O) groups excluding carboxylic acids is 1. The lowest BCUT2D eigenvalue weighted by atomic mass is 9.88. The maximum atomic E-state index is 11.6. The van der Waals surface area contributed by atoms with Gasteiger partial charge in [0.1, 0.15) is 5.54 Å². The fourth-order valence-corrected chi connectivity index (χ4v) is 1.80. The van der Waals surface area contributed by atoms with Gasteiger partial charge >= 0.3 is 5.97 Å². The monoisotopic (exact) mass is 202 g/mol. The molecule has 1 saturated heterocycles. The molecule has 1 fully saturated rings. The zero-order valence-electron chi connectivity index (χ0n) is 9.00. The van der Waals surface area contributed by atoms with E-state index in [1.807, 2.05) is 5.06 Å². The quantitative estimate of drug-likeness (QED) is 0.641. The second kappa shape index (κ2) is 4.72. The largest absolute Gasteiger partial charge is 0.468 e. The molecule has 0 atom stereocenters. The highest BCUT2D eigenvalue weighted by molar-refractivity contribution is 5.80. The molecular weight excluding hydrogens is 184 g/mol. The molecule has 0 bridgehead atoms. The Balaban J connectivity index is 2.61. The van der Waals surface area contributed by atoms with Gasteiger partial charge in [0, 0.05) is 13.1 Å². The Morgan fingerprint density at radius 1 is 1.36 bits per heavy atom. The highest BCUT2D eigenvalue weighted by Gasteiger charge is 2.41. The van der Waals surface area contributed by atoms with Gasteiger partial charge in [-0.05, 0) is 19.9 Å². The highest BCUT2D eigenvalue weighted by atomic mass is 16.7. The molecule has 5 nitrogen and oxygen atoms in total. The Morgan fingerprint density at radius 2 is 1.93 bits per heavy atom. The molecule has 1 aliphatic rings. The van der Waals surface area contributed by atoms with Crippen molar-refractivity contribution in [1.29, 1.82) is 0 Å². The SMILES string of the molecule is CNC1(C(=O)OC)CCN(OC)CC1. The molecular formula is C9H18N2O3. The first kappa shape index (κ1) is 11.4. The zero-order valence-corrected chi connectivity index (χ0v) is 9.00. The number of carbonyl (C=O) groups is 1. The molecule has 0 spiro atoms. The number of nitrogens with one attached hydrogen (secondary N) is 1. The molecule has 0 saturated carbocycles. The molecule has 0 aromatic heterocycles. The van der Waals surface area contributed by atoms with Gasteiger partial charge in [-0.15, -0.1) is 0 Å². The van der Waals surface area contributed by atoms with Gasteiger partial charge in [0.05, 0.1) is 14.2 Å². The summed E-state index contributed by atoms with van der Waals surface area (Å²) in [5, 5.41) is 4.90. The molecule has 0 amide bonds. The van der Waals surface area contributed by atoms with Gasteiger partial charge in [0.25, 0.3) is 0 Å². The minimum Gasteiger partial charge on any atom is -0.468 e. The minimum absolute atomic E-state index is 0.184. The first-order chi connectivity index (χ1) is 6.68. The number of hydrogen-bond acceptors (Lipinski definition) is 5. The van der Waals surface area contributed by atoms with E-state index in [1.54, 1.807) is 14.2 Å². The first-order valence-corrected chi connectivity index (χ1v) is 4.75. The normalized spacial score (nSPS) is 21.9. The van der Waals surface area contributed by atoms with Crippen LogP contribution in [0.2, 0.25) is 0 Å². The average Bonchev–Trinajstić information content (AvgIpc) is 2.28. The van der Waals surface area contributed by atoms with Crippen molar-refractivity contribution in [3.63, 3.8) is 0 Å². The second-order valence-corrected chi connectivity index (χ2v) is 3.44. The Kier molecular flexibility index (Phi) is 3.86. The summed E-state index contributed by atoms with van der Waals surface area (Å²) >= 11 is 0. The Labute approximate surface area is 84.3 Å². The predicted molar refractivity (Wildman–Crippen MR) is 51.6 cm³/mol. The summed E-state index contributed by atoms with van der Waals surface area (Å²) in [6.07, 6.45) is 1.42. The minimum atomic E-state index is -0.524. The summed E-state index contributed by atoms with van der Waals surface area (Å²) in [7, 11) is 4.86. The number of esters is 1. The summed E-state index contributed by atoms with van der Waals surface area (Å²) in [5.41, 5.74) is -0.524. The van der Waals surface area contributed by atoms with Crippen molar-refractivity contribution in [3.05, 3.63) is 0 Å². The van der Waals surface area contributed by atoms with E-state index in [1.165, 1.54) is 7.11 Å². The smallest absolute Gasteiger partial charge is 0.326 e. The lowest BCUT2D eigenvalue weighted by Crippen LogP contribution is -2.57. The van der Waals surface area contributed by atoms with Gasteiger partial charge in [-0.25, -0.2) is 0 Å². The van der Waals surface area contributed by atoms with E-state index in [0.717, 1.165) is 13.1 Å². The third kappa shape index (κ3) is 2.05. The van der Waals surface area contributed by atoms with E-state index in [-0.39, 0.29) is 5.97 Å². The molecule has 1 N–H and O–H groups in total. The summed E-state index contributed by atoms with van der Waals surface area (Å²) in [6, 6.07) is 0. The van der Waals surface area contributed by atoms with Crippen LogP contribution in [0.15, 0.2) is 0 Å². The van der Waals surface area contributed by atoms with Crippen LogP contribution < -0.4 is 5.32 Å². The Morgan fingerprint density at radius 3 is 2.29 bits per heavy atom. The summed E-state index contributed by atoms with van der Waals surface area (Å²) < 4.78 is 4.79. The van der Waals surface area contributed by atoms with Crippen LogP contribution in [0.5, 0.6) is 0 Å². The summed E-state index contributed by atoms with van der Waals surface area (Å²) in [5.74, 6) is -0.184. The van der Waals surface area contributed by atoms with Gasteiger partial charge < -0.3 is 14.9 Å². The molecule has 0 unspecified atom stereocenters. The van der Waals surface area contributed by atoms with Crippen molar-refractivity contribution in [2.45, 2.75) is 18.4 Å². The van der Waals surface area contributed by atoms with E-state index >= 15 is 0 Å². The van der Waals surface area contributed by atoms with Crippen LogP contribution in [0, 0.1) is 0 Å². The number of hydroxylamine groups is 2. The molecule has 1 aliphatic heterocycles. The van der Waals surface area contributed by atoms with Crippen molar-refractivity contribution in [1.82, 2.24) is 10.4 Å². The Bertz CT molecular complexity index is 200. The zero-order chi connectivity index (χ0) is 10.6. The molecule has 0 radical (unpaired) electrons. The van der Waals surface area contributed by atoms with Gasteiger partial charge in [-0.1, -0.05) is 0 Å². The van der Waals surface area contributed by atoms with E-state index < -0.39 is 5.54 Å². The number of nitrogens with zero attached hydrogens (tertiary/aromatic N) is 1. The van der Waals surface area contributed by atoms with Gasteiger partial charge in [0.15, 0.2) is 0 Å². The summed E-state index contributed by atoms with van der Waals surface area (Å²) in [6.45, 7) is 1.48. The molecule has 14 heavy (non-hydrogen) atoms. The average molecular weight is 202 g/mol. The fraction of sp³-hybridized carbons (Fsp3) is 0.889. The molecule has 82 valence electrons. The van der Waals surface area contributed by atoms with E-state index in [4.69, 9.17) is 9.57 Å². The van der Waals surface area contributed by atoms with E-state index in [2.05, 4.69) is 5.32 Å². The highest BCUT2D eigenvalue weighted by Crippen LogP contribution is 2.23. The molecule has 0 aromatic rings. The maximum absolute atomic E-state index is 11.6. The van der Waals surface area contributed by atoms with Crippen LogP contribution >= 0.6 is 0 Å². The number of hydrogen-bond donors (Lipinski definition) is 1. The number of ether oxygens (including phenoxy) is 1. The molecule has 0 aliphatic carbocycles. The number of likely N-dealkylation sites (N-methyl/N-ethyl adjacent to an activating group) is 1. The van der Waals surface area contributed by atoms with Gasteiger partial charge in [-0.3, -0.25) is 4.79 Å². The second-order valence-electron chi connectivity index (χ2n) is 3.44. The van der Waals surface area contributed by atoms with Crippen molar-refractivity contribution < 1.29 is 14.4 Å². The lowest BCUT2D eigenvalue weighted by molar-refractivity contribution is -0.169. The molecule has 1 rings (SSSR count). The predicted octanol–water partition coefficient (Wildman–Crippen LogP) is -0.225. The topological polar surface area (TPSA) is 50.8 Å². The van der Waals surface area contributed by atoms with Crippen LogP contribution in [-0.4, -0.2) is 50.9 Å². The third-order valence-corrected chi connectivity index (χ3v) is 2.89. The van der Waals surface area contributed by atoms with Gasteiger partial charge in [0.2, 0.25) is 0 Å². The molecule has 5 heteroatoms. The summed E-state index contributed by atoms with van der Waals surface area (Å²) in [4.78, 5) is 16.7. The van der Waals surface area contributed by atoms with Crippen LogP contribution in [-0.2, 0) is 14.4 Å². The van der Waals surface area contributed by atoms with Crippen molar-refractivity contribution in [2.24, 2.45) is 0 Å². The van der Waals surface area contributed by atoms with Crippen LogP contribution in [0.25, 0.3) is 0 Å². The molecule has 0 aromatic carbocycles. The number of rotatable bonds is 3. The van der Waals surface area contributed by atoms with Gasteiger partial charge in [-0.2, -0.15) is 5.06 Å². The Hall–Kier alpha value is -0.650. The fourth-order valence-electron chi connectivity index (χ4n) is 1.80. The van der Waals surface area contributed by atoms with E-state index in [9.17, 15) is 4.79 Å². The lowest BCUT2D eigenvalue weighted by Gasteiger charge is -2.38. The first-order valence-electron chi connectivity index (χ1n) is 4.75. The van der Waals surface area contributed by atoms with Crippen molar-refractivity contribution in [3.8, 4) is 0 Å². The number of methoxy groups -OCH3 is 1. The van der Waals surface area contributed by atoms with E-state index in [0.29, 0.717) is 12.8 Å².